The molecule has 0 aliphatic carbocycles. The minimum absolute atomic E-state index is 0.0886. The minimum Gasteiger partial charge on any atom is -0.325 e. The van der Waals surface area contributed by atoms with E-state index in [1.54, 1.807) is 22.8 Å². The first-order valence-corrected chi connectivity index (χ1v) is 9.88. The van der Waals surface area contributed by atoms with Crippen molar-refractivity contribution in [2.45, 2.75) is 18.6 Å². The number of nitrogens with one attached hydrogen (secondary N) is 1. The van der Waals surface area contributed by atoms with E-state index in [1.165, 1.54) is 29.2 Å². The predicted octanol–water partition coefficient (Wildman–Crippen LogP) is 3.73. The molecule has 9 heteroatoms. The van der Waals surface area contributed by atoms with Gasteiger partial charge in [0.1, 0.15) is 10.8 Å². The molecule has 1 aromatic carbocycles. The van der Waals surface area contributed by atoms with Crippen LogP contribution in [0.2, 0.25) is 5.02 Å². The minimum atomic E-state index is -0.252. The van der Waals surface area contributed by atoms with E-state index in [0.29, 0.717) is 33.2 Å². The molecule has 1 amide bonds. The number of nitriles is 1. The van der Waals surface area contributed by atoms with Crippen LogP contribution in [0.3, 0.4) is 0 Å². The topological polar surface area (TPSA) is 87.8 Å². The van der Waals surface area contributed by atoms with Gasteiger partial charge in [0.2, 0.25) is 5.91 Å². The van der Waals surface area contributed by atoms with Gasteiger partial charge in [-0.2, -0.15) is 5.26 Å². The van der Waals surface area contributed by atoms with Crippen molar-refractivity contribution in [3.8, 4) is 6.07 Å². The van der Waals surface area contributed by atoms with E-state index in [1.807, 2.05) is 18.4 Å². The number of carbonyl (C=O) groups excluding carboxylic acids is 1. The number of benzene rings is 1. The smallest absolute Gasteiger partial charge is 0.272 e. The highest BCUT2D eigenvalue weighted by atomic mass is 35.5. The summed E-state index contributed by atoms with van der Waals surface area (Å²) < 4.78 is 2.18. The van der Waals surface area contributed by atoms with E-state index >= 15 is 0 Å². The monoisotopic (exact) mass is 404 g/mol. The Kier molecular flexibility index (Phi) is 5.61. The van der Waals surface area contributed by atoms with Crippen molar-refractivity contribution in [3.63, 3.8) is 0 Å². The van der Waals surface area contributed by atoms with Crippen LogP contribution in [0.25, 0.3) is 10.2 Å². The summed E-state index contributed by atoms with van der Waals surface area (Å²) in [4.78, 5) is 29.1. The summed E-state index contributed by atoms with van der Waals surface area (Å²) in [7, 11) is 0. The summed E-state index contributed by atoms with van der Waals surface area (Å²) in [5, 5.41) is 14.2. The van der Waals surface area contributed by atoms with Gasteiger partial charge in [-0.15, -0.1) is 11.3 Å². The van der Waals surface area contributed by atoms with Crippen LogP contribution >= 0.6 is 34.7 Å². The van der Waals surface area contributed by atoms with Crippen LogP contribution < -0.4 is 10.9 Å². The molecule has 132 valence electrons. The molecule has 3 aromatic rings. The Morgan fingerprint density at radius 3 is 2.96 bits per heavy atom. The van der Waals surface area contributed by atoms with Crippen LogP contribution in [0, 0.1) is 11.3 Å². The molecule has 0 unspecified atom stereocenters. The average Bonchev–Trinajstić information content (AvgIpc) is 3.09. The zero-order valence-corrected chi connectivity index (χ0v) is 16.0. The van der Waals surface area contributed by atoms with E-state index in [-0.39, 0.29) is 22.2 Å². The molecule has 0 aliphatic rings. The Morgan fingerprint density at radius 2 is 2.27 bits per heavy atom. The zero-order valence-electron chi connectivity index (χ0n) is 13.7. The highest BCUT2D eigenvalue weighted by Gasteiger charge is 2.13. The summed E-state index contributed by atoms with van der Waals surface area (Å²) in [6.45, 7) is 2.35. The van der Waals surface area contributed by atoms with E-state index in [0.717, 1.165) is 0 Å². The summed E-state index contributed by atoms with van der Waals surface area (Å²) in [6, 6.07) is 8.45. The Morgan fingerprint density at radius 1 is 1.46 bits per heavy atom. The Labute approximate surface area is 162 Å². The molecular weight excluding hydrogens is 392 g/mol. The van der Waals surface area contributed by atoms with Crippen molar-refractivity contribution in [2.24, 2.45) is 0 Å². The predicted molar refractivity (Wildman–Crippen MR) is 105 cm³/mol. The first-order chi connectivity index (χ1) is 12.5. The maximum atomic E-state index is 12.5. The molecule has 0 saturated heterocycles. The van der Waals surface area contributed by atoms with Crippen LogP contribution in [-0.4, -0.2) is 21.2 Å². The Bertz CT molecular complexity index is 1080. The van der Waals surface area contributed by atoms with E-state index in [9.17, 15) is 9.59 Å². The number of hydrogen-bond donors (Lipinski definition) is 1. The van der Waals surface area contributed by atoms with Crippen molar-refractivity contribution in [1.82, 2.24) is 9.55 Å². The number of fused-ring (bicyclic) bond motifs is 1. The van der Waals surface area contributed by atoms with Gasteiger partial charge in [0.05, 0.1) is 21.9 Å². The molecule has 2 aromatic heterocycles. The van der Waals surface area contributed by atoms with Gasteiger partial charge in [-0.05, 0) is 36.6 Å². The third kappa shape index (κ3) is 3.75. The second-order valence-electron chi connectivity index (χ2n) is 5.22. The summed E-state index contributed by atoms with van der Waals surface area (Å²) in [5.74, 6) is -0.155. The van der Waals surface area contributed by atoms with Gasteiger partial charge in [-0.1, -0.05) is 23.4 Å². The lowest BCUT2D eigenvalue weighted by molar-refractivity contribution is -0.113. The second kappa shape index (κ2) is 7.91. The van der Waals surface area contributed by atoms with Gasteiger partial charge in [-0.25, -0.2) is 4.98 Å². The molecule has 0 atom stereocenters. The summed E-state index contributed by atoms with van der Waals surface area (Å²) in [5.41, 5.74) is 1.41. The van der Waals surface area contributed by atoms with E-state index in [4.69, 9.17) is 16.9 Å². The quantitative estimate of drug-likeness (QED) is 0.517. The van der Waals surface area contributed by atoms with Crippen LogP contribution in [0.1, 0.15) is 12.5 Å². The third-order valence-corrected chi connectivity index (χ3v) is 5.73. The summed E-state index contributed by atoms with van der Waals surface area (Å²) in [6.07, 6.45) is 0. The molecular formula is C17H13ClN4O2S2. The SMILES string of the molecule is CCn1c(SCC(=O)Nc2ccc(C#N)c(Cl)c2)nc2ccsc2c1=O. The molecule has 0 saturated carbocycles. The molecule has 26 heavy (non-hydrogen) atoms. The number of carbonyl (C=O) groups is 1. The van der Waals surface area contributed by atoms with Crippen LogP contribution in [0.15, 0.2) is 39.6 Å². The van der Waals surface area contributed by atoms with Crippen molar-refractivity contribution in [2.75, 3.05) is 11.1 Å². The van der Waals surface area contributed by atoms with Gasteiger partial charge in [0.25, 0.3) is 5.56 Å². The number of halogens is 1. The van der Waals surface area contributed by atoms with Crippen LogP contribution in [-0.2, 0) is 11.3 Å². The summed E-state index contributed by atoms with van der Waals surface area (Å²) >= 11 is 8.53. The van der Waals surface area contributed by atoms with Crippen molar-refractivity contribution >= 4 is 56.5 Å². The molecule has 0 radical (unpaired) electrons. The van der Waals surface area contributed by atoms with Crippen LogP contribution in [0.4, 0.5) is 5.69 Å². The average molecular weight is 405 g/mol. The fourth-order valence-electron chi connectivity index (χ4n) is 2.32. The molecule has 6 nitrogen and oxygen atoms in total. The van der Waals surface area contributed by atoms with Crippen molar-refractivity contribution in [3.05, 3.63) is 50.6 Å². The Balaban J connectivity index is 1.73. The van der Waals surface area contributed by atoms with Crippen molar-refractivity contribution < 1.29 is 4.79 Å². The first-order valence-electron chi connectivity index (χ1n) is 7.63. The fourth-order valence-corrected chi connectivity index (χ4v) is 4.19. The number of rotatable bonds is 5. The molecule has 0 spiro atoms. The number of nitrogens with zero attached hydrogens (tertiary/aromatic N) is 3. The maximum Gasteiger partial charge on any atom is 0.272 e. The second-order valence-corrected chi connectivity index (χ2v) is 7.49. The normalized spacial score (nSPS) is 10.7. The first kappa shape index (κ1) is 18.5. The fraction of sp³-hybridized carbons (Fsp3) is 0.176. The zero-order chi connectivity index (χ0) is 18.7. The lowest BCUT2D eigenvalue weighted by Gasteiger charge is -2.10. The standard InChI is InChI=1S/C17H13ClN4O2S2/c1-2-22-16(24)15-13(5-6-25-15)21-17(22)26-9-14(23)20-11-4-3-10(8-19)12(18)7-11/h3-7H,2,9H2,1H3,(H,20,23). The molecule has 3 rings (SSSR count). The highest BCUT2D eigenvalue weighted by Crippen LogP contribution is 2.22. The molecule has 2 heterocycles. The van der Waals surface area contributed by atoms with E-state index in [2.05, 4.69) is 10.3 Å². The van der Waals surface area contributed by atoms with Crippen molar-refractivity contribution in [1.29, 1.82) is 5.26 Å². The number of hydrogen-bond acceptors (Lipinski definition) is 6. The lowest BCUT2D eigenvalue weighted by Crippen LogP contribution is -2.22. The van der Waals surface area contributed by atoms with Gasteiger partial charge < -0.3 is 5.32 Å². The third-order valence-electron chi connectivity index (χ3n) is 3.55. The number of amides is 1. The van der Waals surface area contributed by atoms with Crippen LogP contribution in [0.5, 0.6) is 0 Å². The molecule has 0 aliphatic heterocycles. The lowest BCUT2D eigenvalue weighted by atomic mass is 10.2. The number of anilines is 1. The molecule has 0 bridgehead atoms. The number of aromatic nitrogens is 2. The van der Waals surface area contributed by atoms with Gasteiger partial charge >= 0.3 is 0 Å². The van der Waals surface area contributed by atoms with Gasteiger partial charge in [-0.3, -0.25) is 14.2 Å². The maximum absolute atomic E-state index is 12.5. The molecule has 1 N–H and O–H groups in total. The van der Waals surface area contributed by atoms with E-state index < -0.39 is 0 Å². The number of thiophene rings is 1. The Hall–Kier alpha value is -2.34. The molecule has 0 fully saturated rings. The van der Waals surface area contributed by atoms with Gasteiger partial charge in [0, 0.05) is 12.2 Å². The number of thioether (sulfide) groups is 1. The highest BCUT2D eigenvalue weighted by molar-refractivity contribution is 7.99. The largest absolute Gasteiger partial charge is 0.325 e. The van der Waals surface area contributed by atoms with Gasteiger partial charge in [0.15, 0.2) is 5.16 Å².